The van der Waals surface area contributed by atoms with Gasteiger partial charge in [-0.05, 0) is 50.3 Å². The van der Waals surface area contributed by atoms with Crippen LogP contribution in [0.15, 0.2) is 24.3 Å². The monoisotopic (exact) mass is 526 g/mol. The van der Waals surface area contributed by atoms with Gasteiger partial charge in [-0.25, -0.2) is 8.42 Å². The molecule has 2 fully saturated rings. The number of carbonyl (C=O) groups excluding carboxylic acids is 2. The lowest BCUT2D eigenvalue weighted by Gasteiger charge is -2.32. The van der Waals surface area contributed by atoms with Gasteiger partial charge in [0.15, 0.2) is 5.69 Å². The van der Waals surface area contributed by atoms with Gasteiger partial charge in [0, 0.05) is 45.3 Å². The zero-order valence-corrected chi connectivity index (χ0v) is 21.7. The number of amides is 2. The van der Waals surface area contributed by atoms with Crippen molar-refractivity contribution in [3.63, 3.8) is 0 Å². The first-order chi connectivity index (χ1) is 17.5. The Balaban J connectivity index is 1.29. The van der Waals surface area contributed by atoms with Crippen LogP contribution in [-0.4, -0.2) is 80.9 Å². The molecular formula is C25H30N6O5S. The topological polar surface area (TPSA) is 149 Å². The summed E-state index contributed by atoms with van der Waals surface area (Å²) < 4.78 is 28.5. The van der Waals surface area contributed by atoms with Crippen LogP contribution < -0.4 is 5.32 Å². The summed E-state index contributed by atoms with van der Waals surface area (Å²) in [4.78, 5) is 27.9. The molecule has 37 heavy (non-hydrogen) atoms. The SMILES string of the molecule is Cn1nc(C(=O)NCc2ccc(C#N)cc2)c2c1C(=O)N(CC1(S(=O)(=O)N3CC[C@](C)(O)C3)CC1)CC2. The Morgan fingerprint density at radius 3 is 2.51 bits per heavy atom. The van der Waals surface area contributed by atoms with Crippen LogP contribution in [-0.2, 0) is 30.0 Å². The van der Waals surface area contributed by atoms with Gasteiger partial charge in [0.05, 0.1) is 17.2 Å². The summed E-state index contributed by atoms with van der Waals surface area (Å²) in [5.74, 6) is -0.734. The average molecular weight is 527 g/mol. The second-order valence-electron chi connectivity index (χ2n) is 10.5. The number of nitrogens with zero attached hydrogens (tertiary/aromatic N) is 5. The lowest BCUT2D eigenvalue weighted by atomic mass is 10.0. The van der Waals surface area contributed by atoms with E-state index in [-0.39, 0.29) is 37.8 Å². The molecule has 0 bridgehead atoms. The summed E-state index contributed by atoms with van der Waals surface area (Å²) in [7, 11) is -2.08. The number of hydrogen-bond donors (Lipinski definition) is 2. The Morgan fingerprint density at radius 2 is 1.92 bits per heavy atom. The minimum atomic E-state index is -3.68. The van der Waals surface area contributed by atoms with Gasteiger partial charge in [0.25, 0.3) is 11.8 Å². The fourth-order valence-corrected chi connectivity index (χ4v) is 7.50. The number of rotatable bonds is 7. The van der Waals surface area contributed by atoms with Crippen LogP contribution in [0, 0.1) is 11.3 Å². The van der Waals surface area contributed by atoms with E-state index in [2.05, 4.69) is 16.5 Å². The maximum Gasteiger partial charge on any atom is 0.272 e. The first kappa shape index (κ1) is 25.4. The van der Waals surface area contributed by atoms with Gasteiger partial charge >= 0.3 is 0 Å². The van der Waals surface area contributed by atoms with Gasteiger partial charge in [0.1, 0.15) is 10.4 Å². The van der Waals surface area contributed by atoms with E-state index in [1.54, 1.807) is 43.1 Å². The fourth-order valence-electron chi connectivity index (χ4n) is 5.23. The average Bonchev–Trinajstić information content (AvgIpc) is 3.45. The molecule has 11 nitrogen and oxygen atoms in total. The van der Waals surface area contributed by atoms with Crippen molar-refractivity contribution in [3.8, 4) is 6.07 Å². The Morgan fingerprint density at radius 1 is 1.22 bits per heavy atom. The molecule has 0 unspecified atom stereocenters. The summed E-state index contributed by atoms with van der Waals surface area (Å²) in [6.45, 7) is 2.60. The Kier molecular flexibility index (Phi) is 6.13. The largest absolute Gasteiger partial charge is 0.389 e. The van der Waals surface area contributed by atoms with Crippen molar-refractivity contribution in [1.29, 1.82) is 5.26 Å². The second-order valence-corrected chi connectivity index (χ2v) is 12.9. The number of sulfonamides is 1. The molecule has 5 rings (SSSR count). The first-order valence-corrected chi connectivity index (χ1v) is 13.7. The molecule has 12 heteroatoms. The molecule has 3 heterocycles. The maximum absolute atomic E-state index is 13.4. The number of fused-ring (bicyclic) bond motifs is 1. The number of hydrogen-bond acceptors (Lipinski definition) is 7. The zero-order chi connectivity index (χ0) is 26.6. The molecule has 1 aromatic carbocycles. The van der Waals surface area contributed by atoms with Crippen molar-refractivity contribution in [2.75, 3.05) is 26.2 Å². The number of aliphatic hydroxyl groups is 1. The Hall–Kier alpha value is -3.27. The molecule has 0 spiro atoms. The van der Waals surface area contributed by atoms with Crippen LogP contribution in [0.5, 0.6) is 0 Å². The van der Waals surface area contributed by atoms with E-state index in [0.717, 1.165) is 5.56 Å². The lowest BCUT2D eigenvalue weighted by Crippen LogP contribution is -2.50. The molecule has 1 aliphatic carbocycles. The van der Waals surface area contributed by atoms with Crippen molar-refractivity contribution >= 4 is 21.8 Å². The standard InChI is InChI=1S/C25H30N6O5S/c1-24(34)10-12-31(15-24)37(35,36)25(8-9-25)16-30-11-7-19-20(28-29(2)21(19)23(30)33)22(32)27-14-18-5-3-17(13-26)4-6-18/h3-6,34H,7-12,14-16H2,1-2H3,(H,27,32)/t24-/m0/s1. The summed E-state index contributed by atoms with van der Waals surface area (Å²) in [6, 6.07) is 8.93. The van der Waals surface area contributed by atoms with Crippen molar-refractivity contribution in [1.82, 2.24) is 24.3 Å². The minimum Gasteiger partial charge on any atom is -0.389 e. The molecule has 196 valence electrons. The molecule has 1 aromatic heterocycles. The van der Waals surface area contributed by atoms with Crippen LogP contribution in [0.4, 0.5) is 0 Å². The molecule has 1 saturated heterocycles. The third kappa shape index (κ3) is 4.52. The number of β-amino-alcohol motifs (C(OH)–C–C–N with tert-alkyl or cyclic N) is 1. The van der Waals surface area contributed by atoms with E-state index >= 15 is 0 Å². The van der Waals surface area contributed by atoms with E-state index < -0.39 is 26.3 Å². The van der Waals surface area contributed by atoms with Gasteiger partial charge in [-0.1, -0.05) is 12.1 Å². The second kappa shape index (κ2) is 8.93. The van der Waals surface area contributed by atoms with Gasteiger partial charge in [-0.2, -0.15) is 14.7 Å². The van der Waals surface area contributed by atoms with Crippen LogP contribution in [0.1, 0.15) is 63.9 Å². The van der Waals surface area contributed by atoms with Crippen molar-refractivity contribution < 1.29 is 23.1 Å². The van der Waals surface area contributed by atoms with Gasteiger partial charge in [-0.15, -0.1) is 0 Å². The number of aryl methyl sites for hydroxylation is 1. The van der Waals surface area contributed by atoms with Crippen LogP contribution in [0.25, 0.3) is 0 Å². The normalized spacial score (nSPS) is 23.0. The zero-order valence-electron chi connectivity index (χ0n) is 20.9. The molecule has 1 saturated carbocycles. The molecule has 0 radical (unpaired) electrons. The molecule has 2 aliphatic heterocycles. The number of nitriles is 1. The third-order valence-electron chi connectivity index (χ3n) is 7.61. The van der Waals surface area contributed by atoms with E-state index in [9.17, 15) is 23.1 Å². The van der Waals surface area contributed by atoms with Crippen molar-refractivity contribution in [2.45, 2.75) is 49.5 Å². The highest BCUT2D eigenvalue weighted by molar-refractivity contribution is 7.90. The van der Waals surface area contributed by atoms with Gasteiger partial charge < -0.3 is 15.3 Å². The first-order valence-electron chi connectivity index (χ1n) is 12.3. The van der Waals surface area contributed by atoms with E-state index in [0.29, 0.717) is 49.0 Å². The van der Waals surface area contributed by atoms with Crippen molar-refractivity contribution in [2.24, 2.45) is 7.05 Å². The quantitative estimate of drug-likeness (QED) is 0.535. The van der Waals surface area contributed by atoms with Crippen molar-refractivity contribution in [3.05, 3.63) is 52.3 Å². The molecule has 2 N–H and O–H groups in total. The maximum atomic E-state index is 13.4. The number of carbonyl (C=O) groups is 2. The summed E-state index contributed by atoms with van der Waals surface area (Å²) >= 11 is 0. The fraction of sp³-hybridized carbons (Fsp3) is 0.520. The third-order valence-corrected chi connectivity index (χ3v) is 10.2. The Bertz CT molecular complexity index is 1400. The molecular weight excluding hydrogens is 496 g/mol. The van der Waals surface area contributed by atoms with E-state index in [1.807, 2.05) is 0 Å². The Labute approximate surface area is 215 Å². The molecule has 3 aliphatic rings. The van der Waals surface area contributed by atoms with E-state index in [1.165, 1.54) is 8.99 Å². The lowest BCUT2D eigenvalue weighted by molar-refractivity contribution is 0.0715. The highest BCUT2D eigenvalue weighted by Crippen LogP contribution is 2.47. The summed E-state index contributed by atoms with van der Waals surface area (Å²) in [6.07, 6.45) is 1.72. The molecule has 2 amide bonds. The van der Waals surface area contributed by atoms with Crippen LogP contribution in [0.3, 0.4) is 0 Å². The predicted octanol–water partition coefficient (Wildman–Crippen LogP) is 0.539. The van der Waals surface area contributed by atoms with E-state index in [4.69, 9.17) is 5.26 Å². The number of nitrogens with one attached hydrogen (secondary N) is 1. The highest BCUT2D eigenvalue weighted by Gasteiger charge is 2.59. The van der Waals surface area contributed by atoms with Gasteiger partial charge in [-0.3, -0.25) is 14.3 Å². The molecule has 2 aromatic rings. The van der Waals surface area contributed by atoms with Crippen LogP contribution >= 0.6 is 0 Å². The number of benzene rings is 1. The van der Waals surface area contributed by atoms with Crippen LogP contribution in [0.2, 0.25) is 0 Å². The summed E-state index contributed by atoms with van der Waals surface area (Å²) in [5, 5.41) is 26.3. The predicted molar refractivity (Wildman–Crippen MR) is 133 cm³/mol. The van der Waals surface area contributed by atoms with Gasteiger partial charge in [0.2, 0.25) is 10.0 Å². The number of aromatic nitrogens is 2. The molecule has 1 atom stereocenters. The smallest absolute Gasteiger partial charge is 0.272 e. The summed E-state index contributed by atoms with van der Waals surface area (Å²) in [5.41, 5.74) is 1.37. The highest BCUT2D eigenvalue weighted by atomic mass is 32.2. The minimum absolute atomic E-state index is 0.0673.